The number of carbonyl (C=O) groups is 1. The van der Waals surface area contributed by atoms with E-state index in [9.17, 15) is 14.0 Å². The molecule has 4 aromatic rings. The average molecular weight is 470 g/mol. The normalized spacial score (nSPS) is 13.5. The predicted molar refractivity (Wildman–Crippen MR) is 122 cm³/mol. The van der Waals surface area contributed by atoms with Crippen LogP contribution in [0.25, 0.3) is 10.2 Å². The number of amides is 1. The third-order valence-electron chi connectivity index (χ3n) is 5.52. The van der Waals surface area contributed by atoms with Crippen molar-refractivity contribution in [1.82, 2.24) is 14.5 Å². The van der Waals surface area contributed by atoms with Gasteiger partial charge in [-0.15, -0.1) is 11.3 Å². The fourth-order valence-electron chi connectivity index (χ4n) is 3.91. The molecule has 6 nitrogen and oxygen atoms in total. The Kier molecular flexibility index (Phi) is 5.60. The highest BCUT2D eigenvalue weighted by molar-refractivity contribution is 7.98. The second-order valence-electron chi connectivity index (χ2n) is 7.66. The van der Waals surface area contributed by atoms with E-state index in [1.165, 1.54) is 35.2 Å². The smallest absolute Gasteiger partial charge is 0.263 e. The van der Waals surface area contributed by atoms with Crippen molar-refractivity contribution >= 4 is 39.2 Å². The number of carbonyl (C=O) groups excluding carboxylic acids is 1. The maximum absolute atomic E-state index is 13.6. The highest BCUT2D eigenvalue weighted by Gasteiger charge is 2.26. The van der Waals surface area contributed by atoms with Crippen molar-refractivity contribution in [2.45, 2.75) is 37.3 Å². The van der Waals surface area contributed by atoms with Crippen molar-refractivity contribution in [2.24, 2.45) is 0 Å². The van der Waals surface area contributed by atoms with Crippen molar-refractivity contribution in [2.75, 3.05) is 6.54 Å². The Morgan fingerprint density at radius 2 is 2.19 bits per heavy atom. The summed E-state index contributed by atoms with van der Waals surface area (Å²) in [7, 11) is 0. The molecule has 1 aliphatic rings. The van der Waals surface area contributed by atoms with Crippen LogP contribution in [0.3, 0.4) is 0 Å². The van der Waals surface area contributed by atoms with Gasteiger partial charge in [0.05, 0.1) is 24.7 Å². The Morgan fingerprint density at radius 1 is 1.31 bits per heavy atom. The van der Waals surface area contributed by atoms with Crippen LogP contribution in [0.5, 0.6) is 0 Å². The lowest BCUT2D eigenvalue weighted by molar-refractivity contribution is -0.129. The van der Waals surface area contributed by atoms with Crippen molar-refractivity contribution in [3.05, 3.63) is 80.6 Å². The molecular weight excluding hydrogens is 449 g/mol. The molecule has 4 heterocycles. The van der Waals surface area contributed by atoms with Gasteiger partial charge in [0.1, 0.15) is 16.4 Å². The quantitative estimate of drug-likeness (QED) is 0.319. The van der Waals surface area contributed by atoms with Gasteiger partial charge < -0.3 is 9.32 Å². The van der Waals surface area contributed by atoms with Crippen LogP contribution in [0.1, 0.15) is 28.7 Å². The van der Waals surface area contributed by atoms with Gasteiger partial charge in [0.15, 0.2) is 5.16 Å². The molecule has 0 saturated carbocycles. The summed E-state index contributed by atoms with van der Waals surface area (Å²) in [6, 6.07) is 10.0. The fraction of sp³-hybridized carbons (Fsp3) is 0.261. The predicted octanol–water partition coefficient (Wildman–Crippen LogP) is 4.44. The number of thiophene rings is 1. The van der Waals surface area contributed by atoms with Crippen LogP contribution in [0.2, 0.25) is 0 Å². The van der Waals surface area contributed by atoms with Crippen molar-refractivity contribution in [3.63, 3.8) is 0 Å². The maximum atomic E-state index is 13.6. The molecule has 0 unspecified atom stereocenters. The van der Waals surface area contributed by atoms with Gasteiger partial charge in [0, 0.05) is 24.1 Å². The van der Waals surface area contributed by atoms with Crippen LogP contribution in [-0.4, -0.2) is 26.9 Å². The first kappa shape index (κ1) is 21.0. The summed E-state index contributed by atoms with van der Waals surface area (Å²) >= 11 is 2.87. The minimum absolute atomic E-state index is 0.0302. The molecule has 1 amide bonds. The van der Waals surface area contributed by atoms with E-state index >= 15 is 0 Å². The molecule has 32 heavy (non-hydrogen) atoms. The topological polar surface area (TPSA) is 68.3 Å². The van der Waals surface area contributed by atoms with Crippen molar-refractivity contribution in [1.29, 1.82) is 0 Å². The van der Waals surface area contributed by atoms with E-state index in [0.717, 1.165) is 16.0 Å². The molecule has 3 aromatic heterocycles. The van der Waals surface area contributed by atoms with E-state index < -0.39 is 0 Å². The summed E-state index contributed by atoms with van der Waals surface area (Å²) in [4.78, 5) is 33.8. The SMILES string of the molecule is CC(=O)N1CCc2c(sc3nc(SCc4cccc(F)c4)n(Cc4ccco4)c(=O)c23)C1. The average Bonchev–Trinajstić information content (AvgIpc) is 3.41. The van der Waals surface area contributed by atoms with Gasteiger partial charge in [-0.2, -0.15) is 0 Å². The number of thioether (sulfide) groups is 1. The lowest BCUT2D eigenvalue weighted by Gasteiger charge is -2.25. The van der Waals surface area contributed by atoms with Gasteiger partial charge in [-0.3, -0.25) is 14.2 Å². The number of rotatable bonds is 5. The Morgan fingerprint density at radius 3 is 2.94 bits per heavy atom. The molecule has 0 spiro atoms. The van der Waals surface area contributed by atoms with Crippen molar-refractivity contribution < 1.29 is 13.6 Å². The molecular formula is C23H20FN3O3S2. The van der Waals surface area contributed by atoms with E-state index in [1.807, 2.05) is 12.1 Å². The molecule has 0 fully saturated rings. The first-order chi connectivity index (χ1) is 15.5. The number of hydrogen-bond acceptors (Lipinski definition) is 6. The Hall–Kier alpha value is -2.91. The summed E-state index contributed by atoms with van der Waals surface area (Å²) in [6.07, 6.45) is 2.22. The van der Waals surface area contributed by atoms with Crippen LogP contribution >= 0.6 is 23.1 Å². The van der Waals surface area contributed by atoms with Crippen LogP contribution in [0.4, 0.5) is 4.39 Å². The first-order valence-electron chi connectivity index (χ1n) is 10.2. The summed E-state index contributed by atoms with van der Waals surface area (Å²) in [5.41, 5.74) is 1.70. The number of fused-ring (bicyclic) bond motifs is 3. The third-order valence-corrected chi connectivity index (χ3v) is 7.68. The number of halogens is 1. The second-order valence-corrected chi connectivity index (χ2v) is 9.68. The van der Waals surface area contributed by atoms with Gasteiger partial charge in [0.25, 0.3) is 5.56 Å². The number of benzene rings is 1. The fourth-order valence-corrected chi connectivity index (χ4v) is 6.13. The number of hydrogen-bond donors (Lipinski definition) is 0. The van der Waals surface area contributed by atoms with E-state index in [1.54, 1.807) is 34.8 Å². The monoisotopic (exact) mass is 469 g/mol. The van der Waals surface area contributed by atoms with Gasteiger partial charge in [-0.1, -0.05) is 23.9 Å². The van der Waals surface area contributed by atoms with E-state index in [-0.39, 0.29) is 23.8 Å². The molecule has 5 rings (SSSR count). The molecule has 0 atom stereocenters. The highest BCUT2D eigenvalue weighted by atomic mass is 32.2. The zero-order chi connectivity index (χ0) is 22.2. The molecule has 1 aromatic carbocycles. The lowest BCUT2D eigenvalue weighted by Crippen LogP contribution is -2.34. The molecule has 164 valence electrons. The summed E-state index contributed by atoms with van der Waals surface area (Å²) in [5.74, 6) is 0.882. The largest absolute Gasteiger partial charge is 0.467 e. The lowest BCUT2D eigenvalue weighted by atomic mass is 10.1. The molecule has 0 saturated heterocycles. The van der Waals surface area contributed by atoms with Crippen LogP contribution < -0.4 is 5.56 Å². The number of nitrogens with zero attached hydrogens (tertiary/aromatic N) is 3. The van der Waals surface area contributed by atoms with Crippen LogP contribution in [0, 0.1) is 5.82 Å². The summed E-state index contributed by atoms with van der Waals surface area (Å²) in [5, 5.41) is 1.19. The molecule has 1 aliphatic heterocycles. The second kappa shape index (κ2) is 8.55. The Labute approximate surface area is 191 Å². The van der Waals surface area contributed by atoms with Crippen LogP contribution in [-0.2, 0) is 30.1 Å². The maximum Gasteiger partial charge on any atom is 0.263 e. The van der Waals surface area contributed by atoms with Gasteiger partial charge in [-0.25, -0.2) is 9.37 Å². The molecule has 0 N–H and O–H groups in total. The number of aromatic nitrogens is 2. The minimum atomic E-state index is -0.291. The number of furan rings is 1. The summed E-state index contributed by atoms with van der Waals surface area (Å²) < 4.78 is 20.7. The molecule has 0 aliphatic carbocycles. The molecule has 0 radical (unpaired) electrons. The van der Waals surface area contributed by atoms with E-state index in [0.29, 0.717) is 46.4 Å². The first-order valence-corrected chi connectivity index (χ1v) is 12.0. The van der Waals surface area contributed by atoms with Crippen molar-refractivity contribution in [3.8, 4) is 0 Å². The minimum Gasteiger partial charge on any atom is -0.467 e. The zero-order valence-corrected chi connectivity index (χ0v) is 19.0. The standard InChI is InChI=1S/C23H20FN3O3S2/c1-14(28)26-8-7-18-19(12-26)32-21-20(18)22(29)27(11-17-6-3-9-30-17)23(25-21)31-13-15-4-2-5-16(24)10-15/h2-6,9-10H,7-8,11-13H2,1H3. The van der Waals surface area contributed by atoms with E-state index in [4.69, 9.17) is 9.40 Å². The van der Waals surface area contributed by atoms with E-state index in [2.05, 4.69) is 0 Å². The Balaban J connectivity index is 1.58. The molecule has 0 bridgehead atoms. The van der Waals surface area contributed by atoms with Gasteiger partial charge in [0.2, 0.25) is 5.91 Å². The van der Waals surface area contributed by atoms with Gasteiger partial charge in [-0.05, 0) is 41.8 Å². The summed E-state index contributed by atoms with van der Waals surface area (Å²) in [6.45, 7) is 2.94. The third kappa shape index (κ3) is 3.98. The molecule has 9 heteroatoms. The zero-order valence-electron chi connectivity index (χ0n) is 17.3. The van der Waals surface area contributed by atoms with Gasteiger partial charge >= 0.3 is 0 Å². The Bertz CT molecular complexity index is 1360. The van der Waals surface area contributed by atoms with Crippen LogP contribution in [0.15, 0.2) is 57.0 Å². The highest BCUT2D eigenvalue weighted by Crippen LogP contribution is 2.34.